The van der Waals surface area contributed by atoms with Crippen molar-refractivity contribution < 1.29 is 4.21 Å². The van der Waals surface area contributed by atoms with Crippen molar-refractivity contribution in [1.82, 2.24) is 0 Å². The lowest BCUT2D eigenvalue weighted by atomic mass is 16.0. The maximum absolute atomic E-state index is 9.39. The highest BCUT2D eigenvalue weighted by atomic mass is 79.9. The summed E-state index contributed by atoms with van der Waals surface area (Å²) < 4.78 is 9.39. The van der Waals surface area contributed by atoms with Crippen LogP contribution < -0.4 is 0 Å². The van der Waals surface area contributed by atoms with Crippen molar-refractivity contribution in [2.24, 2.45) is 0 Å². The van der Waals surface area contributed by atoms with Gasteiger partial charge in [-0.05, 0) is 0 Å². The van der Waals surface area contributed by atoms with Crippen LogP contribution in [0.2, 0.25) is 0 Å². The minimum absolute atomic E-state index is 0. The van der Waals surface area contributed by atoms with Crippen LogP contribution in [0.4, 0.5) is 0 Å². The molecule has 0 fully saturated rings. The zero-order valence-corrected chi connectivity index (χ0v) is 6.79. The summed E-state index contributed by atoms with van der Waals surface area (Å²) in [5.74, 6) is 0. The van der Waals surface area contributed by atoms with Crippen LogP contribution in [0.25, 0.3) is 0 Å². The fraction of sp³-hybridized carbons (Fsp3) is 0. The van der Waals surface area contributed by atoms with Gasteiger partial charge in [0.25, 0.3) is 0 Å². The Morgan fingerprint density at radius 3 is 1.40 bits per heavy atom. The average molecular weight is 244 g/mol. The van der Waals surface area contributed by atoms with Gasteiger partial charge in [-0.3, -0.25) is 0 Å². The Kier molecular flexibility index (Phi) is 10.4. The highest BCUT2D eigenvalue weighted by Crippen LogP contribution is 1.98. The lowest BCUT2D eigenvalue weighted by Gasteiger charge is -1.52. The maximum atomic E-state index is 9.39. The van der Waals surface area contributed by atoms with E-state index in [2.05, 4.69) is 29.6 Å². The molecule has 0 radical (unpaired) electrons. The molecule has 0 N–H and O–H groups in total. The second-order valence-corrected chi connectivity index (χ2v) is 6.69. The van der Waals surface area contributed by atoms with Crippen LogP contribution in [0.1, 0.15) is 0 Å². The molecule has 0 rings (SSSR count). The summed E-state index contributed by atoms with van der Waals surface area (Å²) in [6, 6.07) is 0. The minimum Gasteiger partial charge on any atom is -0.235 e. The molecule has 0 heterocycles. The maximum Gasteiger partial charge on any atom is 0.158 e. The molecule has 0 aliphatic rings. The highest BCUT2D eigenvalue weighted by Gasteiger charge is 1.66. The van der Waals surface area contributed by atoms with Crippen molar-refractivity contribution in [2.75, 3.05) is 0 Å². The molecule has 34 valence electrons. The highest BCUT2D eigenvalue weighted by molar-refractivity contribution is 9.78. The van der Waals surface area contributed by atoms with Crippen LogP contribution in [-0.2, 0) is 7.67 Å². The molecule has 1 nitrogen and oxygen atoms in total. The summed E-state index contributed by atoms with van der Waals surface area (Å²) in [5.41, 5.74) is 0. The summed E-state index contributed by atoms with van der Waals surface area (Å²) in [6.07, 6.45) is 0. The molecule has 5 heteroatoms. The Morgan fingerprint density at radius 1 is 1.40 bits per heavy atom. The van der Waals surface area contributed by atoms with Gasteiger partial charge in [0.05, 0.1) is 0 Å². The third-order valence-corrected chi connectivity index (χ3v) is 0. The average Bonchev–Trinajstić information content (AvgIpc) is 0.811. The SMILES string of the molecule is Cl.O=S(Br)Br. The molecular weight excluding hydrogens is 243 g/mol. The molecule has 0 saturated carbocycles. The normalized spacial score (nSPS) is 7.00. The van der Waals surface area contributed by atoms with Gasteiger partial charge in [-0.15, -0.1) is 12.4 Å². The third kappa shape index (κ3) is 31.8. The van der Waals surface area contributed by atoms with Crippen molar-refractivity contribution in [3.8, 4) is 0 Å². The zero-order chi connectivity index (χ0) is 3.58. The van der Waals surface area contributed by atoms with E-state index in [4.69, 9.17) is 0 Å². The number of halogens is 3. The van der Waals surface area contributed by atoms with Gasteiger partial charge in [-0.1, -0.05) is 0 Å². The summed E-state index contributed by atoms with van der Waals surface area (Å²) in [5, 5.41) is 0. The Bertz CT molecular complexity index is 32.6. The largest absolute Gasteiger partial charge is 0.235 e. The van der Waals surface area contributed by atoms with E-state index in [0.717, 1.165) is 0 Å². The molecule has 0 atom stereocenters. The van der Waals surface area contributed by atoms with Crippen LogP contribution in [0.15, 0.2) is 0 Å². The van der Waals surface area contributed by atoms with Crippen LogP contribution in [-0.4, -0.2) is 4.21 Å². The van der Waals surface area contributed by atoms with Crippen molar-refractivity contribution in [2.45, 2.75) is 0 Å². The van der Waals surface area contributed by atoms with E-state index in [-0.39, 0.29) is 12.4 Å². The van der Waals surface area contributed by atoms with Crippen LogP contribution in [0.3, 0.4) is 0 Å². The Hall–Kier alpha value is 1.40. The first-order valence-corrected chi connectivity index (χ1v) is 5.31. The van der Waals surface area contributed by atoms with Gasteiger partial charge in [0.2, 0.25) is 0 Å². The quantitative estimate of drug-likeness (QED) is 0.594. The molecule has 0 spiro atoms. The van der Waals surface area contributed by atoms with Crippen molar-refractivity contribution in [3.05, 3.63) is 0 Å². The van der Waals surface area contributed by atoms with Gasteiger partial charge < -0.3 is 0 Å². The lowest BCUT2D eigenvalue weighted by Crippen LogP contribution is -1.38. The number of hydrogen-bond acceptors (Lipinski definition) is 1. The van der Waals surface area contributed by atoms with E-state index >= 15 is 0 Å². The predicted molar refractivity (Wildman–Crippen MR) is 33.2 cm³/mol. The smallest absolute Gasteiger partial charge is 0.158 e. The Labute approximate surface area is 53.8 Å². The van der Waals surface area contributed by atoms with Crippen LogP contribution >= 0.6 is 42.0 Å². The first-order chi connectivity index (χ1) is 1.73. The fourth-order valence-electron chi connectivity index (χ4n) is 0. The third-order valence-electron chi connectivity index (χ3n) is 0. The van der Waals surface area contributed by atoms with Gasteiger partial charge in [-0.25, -0.2) is 4.21 Å². The Balaban J connectivity index is 0. The predicted octanol–water partition coefficient (Wildman–Crippen LogP) is 1.78. The van der Waals surface area contributed by atoms with Crippen molar-refractivity contribution >= 4 is 49.7 Å². The fourth-order valence-corrected chi connectivity index (χ4v) is 0. The van der Waals surface area contributed by atoms with Gasteiger partial charge in [0.15, 0.2) is 7.67 Å². The molecule has 0 bridgehead atoms. The molecule has 0 saturated heterocycles. The van der Waals surface area contributed by atoms with E-state index in [0.29, 0.717) is 0 Å². The number of hydrogen-bond donors (Lipinski definition) is 0. The van der Waals surface area contributed by atoms with Crippen LogP contribution in [0.5, 0.6) is 0 Å². The molecule has 0 amide bonds. The van der Waals surface area contributed by atoms with E-state index in [9.17, 15) is 4.21 Å². The molecule has 0 unspecified atom stereocenters. The number of rotatable bonds is 0. The molecule has 0 aromatic carbocycles. The van der Waals surface area contributed by atoms with Gasteiger partial charge in [0, 0.05) is 29.6 Å². The van der Waals surface area contributed by atoms with E-state index in [1.165, 1.54) is 0 Å². The molecule has 0 aromatic heterocycles. The molecule has 5 heavy (non-hydrogen) atoms. The van der Waals surface area contributed by atoms with Gasteiger partial charge in [-0.2, -0.15) is 0 Å². The van der Waals surface area contributed by atoms with E-state index in [1.807, 2.05) is 0 Å². The summed E-state index contributed by atoms with van der Waals surface area (Å²) in [6.45, 7) is 0. The molecule has 0 aliphatic heterocycles. The molecular formula is HBr2ClOS. The van der Waals surface area contributed by atoms with E-state index < -0.39 is 7.67 Å². The zero-order valence-electron chi connectivity index (χ0n) is 1.98. The topological polar surface area (TPSA) is 17.1 Å². The Morgan fingerprint density at radius 2 is 1.40 bits per heavy atom. The first-order valence-electron chi connectivity index (χ1n) is 0.475. The minimum atomic E-state index is -0.986. The van der Waals surface area contributed by atoms with Crippen LogP contribution in [0, 0.1) is 0 Å². The summed E-state index contributed by atoms with van der Waals surface area (Å²) >= 11 is 5.32. The second-order valence-electron chi connectivity index (χ2n) is 0.184. The molecule has 0 aromatic rings. The van der Waals surface area contributed by atoms with Gasteiger partial charge in [0.1, 0.15) is 0 Å². The van der Waals surface area contributed by atoms with E-state index in [1.54, 1.807) is 0 Å². The van der Waals surface area contributed by atoms with Gasteiger partial charge >= 0.3 is 0 Å². The first kappa shape index (κ1) is 9.64. The summed E-state index contributed by atoms with van der Waals surface area (Å²) in [7, 11) is -0.986. The monoisotopic (exact) mass is 242 g/mol. The standard InChI is InChI=1S/Br2OS.ClH/c1-4(2)3;/h;1H. The summed E-state index contributed by atoms with van der Waals surface area (Å²) in [4.78, 5) is 0. The van der Waals surface area contributed by atoms with Crippen molar-refractivity contribution in [1.29, 1.82) is 0 Å². The van der Waals surface area contributed by atoms with Crippen molar-refractivity contribution in [3.63, 3.8) is 0 Å². The molecule has 0 aliphatic carbocycles. The second kappa shape index (κ2) is 5.40. The lowest BCUT2D eigenvalue weighted by molar-refractivity contribution is 0.700.